The molecular formula is C14H9Br3N2O2. The minimum atomic E-state index is -0.301. The van der Waals surface area contributed by atoms with Crippen LogP contribution in [0.4, 0.5) is 0 Å². The molecule has 0 bridgehead atoms. The molecule has 0 saturated heterocycles. The predicted molar refractivity (Wildman–Crippen MR) is 92.7 cm³/mol. The lowest BCUT2D eigenvalue weighted by molar-refractivity contribution is 0.0955. The van der Waals surface area contributed by atoms with E-state index in [2.05, 4.69) is 58.3 Å². The number of hydrazone groups is 1. The minimum Gasteiger partial charge on any atom is -0.506 e. The molecule has 2 aromatic carbocycles. The van der Waals surface area contributed by atoms with E-state index in [-0.39, 0.29) is 11.7 Å². The fraction of sp³-hybridized carbons (Fsp3) is 0. The average molecular weight is 477 g/mol. The summed E-state index contributed by atoms with van der Waals surface area (Å²) in [5, 5.41) is 13.5. The summed E-state index contributed by atoms with van der Waals surface area (Å²) in [5.41, 5.74) is 3.68. The van der Waals surface area contributed by atoms with Crippen LogP contribution in [0, 0.1) is 0 Å². The van der Waals surface area contributed by atoms with Gasteiger partial charge < -0.3 is 5.11 Å². The SMILES string of the molecule is O=C(NN=Cc1cc(Br)c(O)c(Br)c1)c1cccc(Br)c1. The molecule has 4 nitrogen and oxygen atoms in total. The van der Waals surface area contributed by atoms with Crippen molar-refractivity contribution in [1.82, 2.24) is 5.43 Å². The highest BCUT2D eigenvalue weighted by Crippen LogP contribution is 2.32. The highest BCUT2D eigenvalue weighted by Gasteiger charge is 2.06. The Morgan fingerprint density at radius 3 is 2.43 bits per heavy atom. The second-order valence-electron chi connectivity index (χ2n) is 4.04. The molecule has 0 spiro atoms. The Bertz CT molecular complexity index is 694. The van der Waals surface area contributed by atoms with Gasteiger partial charge in [0.05, 0.1) is 15.2 Å². The van der Waals surface area contributed by atoms with Crippen molar-refractivity contribution >= 4 is 59.9 Å². The van der Waals surface area contributed by atoms with Gasteiger partial charge in [-0.15, -0.1) is 0 Å². The van der Waals surface area contributed by atoms with Gasteiger partial charge in [-0.25, -0.2) is 5.43 Å². The van der Waals surface area contributed by atoms with Crippen LogP contribution in [0.1, 0.15) is 15.9 Å². The van der Waals surface area contributed by atoms with E-state index in [0.717, 1.165) is 10.0 Å². The van der Waals surface area contributed by atoms with Crippen LogP contribution in [-0.4, -0.2) is 17.2 Å². The number of aromatic hydroxyl groups is 1. The third-order valence-electron chi connectivity index (χ3n) is 2.51. The Kier molecular flexibility index (Phi) is 5.55. The molecule has 0 aliphatic rings. The summed E-state index contributed by atoms with van der Waals surface area (Å²) >= 11 is 9.76. The number of halogens is 3. The molecule has 0 unspecified atom stereocenters. The molecule has 21 heavy (non-hydrogen) atoms. The summed E-state index contributed by atoms with van der Waals surface area (Å²) in [4.78, 5) is 11.9. The van der Waals surface area contributed by atoms with Gasteiger partial charge in [0.2, 0.25) is 0 Å². The lowest BCUT2D eigenvalue weighted by Crippen LogP contribution is -2.17. The minimum absolute atomic E-state index is 0.116. The molecule has 2 N–H and O–H groups in total. The molecule has 2 aromatic rings. The molecule has 0 heterocycles. The van der Waals surface area contributed by atoms with Crippen LogP contribution < -0.4 is 5.43 Å². The number of rotatable bonds is 3. The van der Waals surface area contributed by atoms with Crippen LogP contribution in [0.25, 0.3) is 0 Å². The zero-order chi connectivity index (χ0) is 15.4. The predicted octanol–water partition coefficient (Wildman–Crippen LogP) is 4.44. The maximum absolute atomic E-state index is 11.9. The Hall–Kier alpha value is -1.18. The Labute approximate surface area is 146 Å². The van der Waals surface area contributed by atoms with Crippen molar-refractivity contribution in [1.29, 1.82) is 0 Å². The Morgan fingerprint density at radius 1 is 1.14 bits per heavy atom. The third-order valence-corrected chi connectivity index (χ3v) is 4.21. The summed E-state index contributed by atoms with van der Waals surface area (Å²) < 4.78 is 1.90. The number of nitrogens with one attached hydrogen (secondary N) is 1. The van der Waals surface area contributed by atoms with E-state index in [1.807, 2.05) is 6.07 Å². The lowest BCUT2D eigenvalue weighted by atomic mass is 10.2. The fourth-order valence-corrected chi connectivity index (χ4v) is 3.14. The molecule has 108 valence electrons. The molecule has 0 atom stereocenters. The number of nitrogens with zero attached hydrogens (tertiary/aromatic N) is 1. The van der Waals surface area contributed by atoms with Crippen molar-refractivity contribution in [3.63, 3.8) is 0 Å². The lowest BCUT2D eigenvalue weighted by Gasteiger charge is -2.02. The van der Waals surface area contributed by atoms with Crippen molar-refractivity contribution in [3.05, 3.63) is 60.9 Å². The maximum atomic E-state index is 11.9. The molecular weight excluding hydrogens is 468 g/mol. The fourth-order valence-electron chi connectivity index (χ4n) is 1.52. The van der Waals surface area contributed by atoms with Crippen molar-refractivity contribution in [2.45, 2.75) is 0 Å². The molecule has 0 fully saturated rings. The normalized spacial score (nSPS) is 10.8. The van der Waals surface area contributed by atoms with Crippen LogP contribution in [0.3, 0.4) is 0 Å². The van der Waals surface area contributed by atoms with Gasteiger partial charge in [0.1, 0.15) is 5.75 Å². The van der Waals surface area contributed by atoms with Crippen LogP contribution in [0.2, 0.25) is 0 Å². The highest BCUT2D eigenvalue weighted by molar-refractivity contribution is 9.11. The monoisotopic (exact) mass is 474 g/mol. The third kappa shape index (κ3) is 4.39. The molecule has 0 saturated carbocycles. The summed E-state index contributed by atoms with van der Waals surface area (Å²) in [6.45, 7) is 0. The second kappa shape index (κ2) is 7.20. The van der Waals surface area contributed by atoms with Gasteiger partial charge in [-0.3, -0.25) is 4.79 Å². The highest BCUT2D eigenvalue weighted by atomic mass is 79.9. The quantitative estimate of drug-likeness (QED) is 0.508. The van der Waals surface area contributed by atoms with E-state index in [1.165, 1.54) is 6.21 Å². The van der Waals surface area contributed by atoms with E-state index in [0.29, 0.717) is 14.5 Å². The average Bonchev–Trinajstić information content (AvgIpc) is 2.44. The second-order valence-corrected chi connectivity index (χ2v) is 6.67. The van der Waals surface area contributed by atoms with Gasteiger partial charge in [-0.2, -0.15) is 5.10 Å². The number of benzene rings is 2. The summed E-state index contributed by atoms with van der Waals surface area (Å²) in [6.07, 6.45) is 1.49. The molecule has 0 aliphatic heterocycles. The van der Waals surface area contributed by atoms with E-state index < -0.39 is 0 Å². The largest absolute Gasteiger partial charge is 0.506 e. The van der Waals surface area contributed by atoms with Gasteiger partial charge >= 0.3 is 0 Å². The Balaban J connectivity index is 2.07. The Morgan fingerprint density at radius 2 is 1.81 bits per heavy atom. The molecule has 0 radical (unpaired) electrons. The van der Waals surface area contributed by atoms with E-state index >= 15 is 0 Å². The van der Waals surface area contributed by atoms with Crippen LogP contribution >= 0.6 is 47.8 Å². The molecule has 0 aliphatic carbocycles. The van der Waals surface area contributed by atoms with Crippen molar-refractivity contribution < 1.29 is 9.90 Å². The van der Waals surface area contributed by atoms with Gasteiger partial charge in [0.15, 0.2) is 0 Å². The molecule has 1 amide bonds. The summed E-state index contributed by atoms with van der Waals surface area (Å²) in [5.74, 6) is -0.185. The van der Waals surface area contributed by atoms with Gasteiger partial charge in [0, 0.05) is 10.0 Å². The number of phenolic OH excluding ortho intramolecular Hbond substituents is 1. The van der Waals surface area contributed by atoms with Crippen LogP contribution in [-0.2, 0) is 0 Å². The van der Waals surface area contributed by atoms with E-state index in [9.17, 15) is 9.90 Å². The van der Waals surface area contributed by atoms with Gasteiger partial charge in [-0.05, 0) is 67.8 Å². The number of hydrogen-bond acceptors (Lipinski definition) is 3. The van der Waals surface area contributed by atoms with Crippen molar-refractivity contribution in [3.8, 4) is 5.75 Å². The topological polar surface area (TPSA) is 61.7 Å². The summed E-state index contributed by atoms with van der Waals surface area (Å²) in [7, 11) is 0. The first kappa shape index (κ1) is 16.2. The number of carbonyl (C=O) groups is 1. The number of hydrogen-bond donors (Lipinski definition) is 2. The smallest absolute Gasteiger partial charge is 0.271 e. The number of carbonyl (C=O) groups excluding carboxylic acids is 1. The number of amides is 1. The van der Waals surface area contributed by atoms with Crippen LogP contribution in [0.5, 0.6) is 5.75 Å². The molecule has 0 aromatic heterocycles. The first-order valence-electron chi connectivity index (χ1n) is 5.74. The molecule has 7 heteroatoms. The van der Waals surface area contributed by atoms with E-state index in [1.54, 1.807) is 30.3 Å². The van der Waals surface area contributed by atoms with E-state index in [4.69, 9.17) is 0 Å². The first-order valence-corrected chi connectivity index (χ1v) is 8.12. The zero-order valence-corrected chi connectivity index (χ0v) is 15.2. The number of phenols is 1. The first-order chi connectivity index (χ1) is 9.97. The van der Waals surface area contributed by atoms with Crippen LogP contribution in [0.15, 0.2) is 54.9 Å². The standard InChI is InChI=1S/C14H9Br3N2O2/c15-10-3-1-2-9(6-10)14(21)19-18-7-8-4-11(16)13(20)12(17)5-8/h1-7,20H,(H,19,21). The molecule has 2 rings (SSSR count). The summed E-state index contributed by atoms with van der Waals surface area (Å²) in [6, 6.07) is 10.4. The van der Waals surface area contributed by atoms with Crippen molar-refractivity contribution in [2.75, 3.05) is 0 Å². The zero-order valence-electron chi connectivity index (χ0n) is 10.5. The van der Waals surface area contributed by atoms with Crippen molar-refractivity contribution in [2.24, 2.45) is 5.10 Å². The maximum Gasteiger partial charge on any atom is 0.271 e. The van der Waals surface area contributed by atoms with Gasteiger partial charge in [0.25, 0.3) is 5.91 Å². The van der Waals surface area contributed by atoms with Gasteiger partial charge in [-0.1, -0.05) is 22.0 Å².